The molecule has 0 unspecified atom stereocenters. The number of anilines is 1. The minimum Gasteiger partial charge on any atom is -0.393 e. The molecule has 29 heavy (non-hydrogen) atoms. The molecule has 4 rings (SSSR count). The molecule has 1 aromatic rings. The lowest BCUT2D eigenvalue weighted by Crippen LogP contribution is -2.49. The molecule has 1 N–H and O–H groups in total. The second kappa shape index (κ2) is 9.36. The number of likely N-dealkylation sites (tertiary alicyclic amines) is 1. The molecule has 1 aliphatic heterocycles. The Bertz CT molecular complexity index is 713. The molecule has 0 spiro atoms. The van der Waals surface area contributed by atoms with Crippen LogP contribution < -0.4 is 4.90 Å². The molecule has 2 heterocycles. The number of hydrogen-bond acceptors (Lipinski definition) is 4. The van der Waals surface area contributed by atoms with Crippen LogP contribution in [0.15, 0.2) is 6.07 Å². The Morgan fingerprint density at radius 2 is 1.79 bits per heavy atom. The third-order valence-corrected chi connectivity index (χ3v) is 8.27. The number of carbonyl (C=O) groups is 2. The maximum atomic E-state index is 13.7. The van der Waals surface area contributed by atoms with E-state index in [2.05, 4.69) is 11.0 Å². The van der Waals surface area contributed by atoms with Crippen molar-refractivity contribution < 1.29 is 14.7 Å². The highest BCUT2D eigenvalue weighted by atomic mass is 35.5. The van der Waals surface area contributed by atoms with Crippen LogP contribution in [0.25, 0.3) is 0 Å². The van der Waals surface area contributed by atoms with Crippen LogP contribution >= 0.6 is 22.9 Å². The van der Waals surface area contributed by atoms with E-state index in [4.69, 9.17) is 11.6 Å². The zero-order chi connectivity index (χ0) is 20.4. The summed E-state index contributed by atoms with van der Waals surface area (Å²) in [6, 6.07) is 2.43. The Balaban J connectivity index is 1.53. The van der Waals surface area contributed by atoms with E-state index in [1.807, 2.05) is 0 Å². The van der Waals surface area contributed by atoms with Crippen LogP contribution in [-0.4, -0.2) is 52.9 Å². The first-order valence-corrected chi connectivity index (χ1v) is 12.4. The van der Waals surface area contributed by atoms with Crippen molar-refractivity contribution in [3.63, 3.8) is 0 Å². The first kappa shape index (κ1) is 21.1. The second-order valence-electron chi connectivity index (χ2n) is 8.70. The molecule has 0 bridgehead atoms. The average Bonchev–Trinajstić information content (AvgIpc) is 3.18. The van der Waals surface area contributed by atoms with Crippen molar-refractivity contribution in [3.8, 4) is 0 Å². The van der Waals surface area contributed by atoms with Crippen molar-refractivity contribution in [1.29, 1.82) is 0 Å². The third-order valence-electron chi connectivity index (χ3n) is 6.80. The topological polar surface area (TPSA) is 60.9 Å². The quantitative estimate of drug-likeness (QED) is 0.728. The minimum absolute atomic E-state index is 0.00981. The molecule has 1 saturated heterocycles. The van der Waals surface area contributed by atoms with Gasteiger partial charge in [-0.05, 0) is 75.8 Å². The van der Waals surface area contributed by atoms with E-state index in [1.165, 1.54) is 23.3 Å². The second-order valence-corrected chi connectivity index (χ2v) is 10.1. The van der Waals surface area contributed by atoms with Gasteiger partial charge < -0.3 is 14.9 Å². The van der Waals surface area contributed by atoms with Gasteiger partial charge in [-0.15, -0.1) is 22.9 Å². The summed E-state index contributed by atoms with van der Waals surface area (Å²) in [5, 5.41) is 11.1. The number of aliphatic hydroxyl groups excluding tert-OH is 1. The number of aryl methyl sites for hydroxylation is 2. The van der Waals surface area contributed by atoms with Crippen LogP contribution in [0.4, 0.5) is 5.00 Å². The number of piperidine rings is 1. The van der Waals surface area contributed by atoms with Crippen LogP contribution in [0, 0.1) is 5.92 Å². The summed E-state index contributed by atoms with van der Waals surface area (Å²) in [5.74, 6) is 0.139. The summed E-state index contributed by atoms with van der Waals surface area (Å²) in [4.78, 5) is 30.9. The lowest BCUT2D eigenvalue weighted by atomic mass is 9.89. The zero-order valence-corrected chi connectivity index (χ0v) is 18.5. The molecule has 1 aromatic heterocycles. The fourth-order valence-corrected chi connectivity index (χ4v) is 6.53. The molecule has 1 saturated carbocycles. The summed E-state index contributed by atoms with van der Waals surface area (Å²) in [6.07, 6.45) is 9.16. The van der Waals surface area contributed by atoms with E-state index in [1.54, 1.807) is 16.2 Å². The Kier molecular flexibility index (Phi) is 6.82. The van der Waals surface area contributed by atoms with Gasteiger partial charge in [-0.3, -0.25) is 9.59 Å². The molecule has 0 atom stereocenters. The Hall–Kier alpha value is -1.11. The first-order valence-electron chi connectivity index (χ1n) is 11.0. The summed E-state index contributed by atoms with van der Waals surface area (Å²) in [6.45, 7) is 1.22. The van der Waals surface area contributed by atoms with Gasteiger partial charge in [-0.25, -0.2) is 0 Å². The minimum atomic E-state index is -0.232. The van der Waals surface area contributed by atoms with Gasteiger partial charge in [0.25, 0.3) is 0 Å². The highest BCUT2D eigenvalue weighted by molar-refractivity contribution is 7.16. The lowest BCUT2D eigenvalue weighted by molar-refractivity contribution is -0.133. The first-order chi connectivity index (χ1) is 14.1. The van der Waals surface area contributed by atoms with Crippen molar-refractivity contribution in [3.05, 3.63) is 16.5 Å². The standard InChI is InChI=1S/C22H31ClN2O3S/c23-14-20(27)24-11-9-15(10-12-24)22(28)25(17-5-7-18(26)8-6-17)21-13-16-3-1-2-4-19(16)29-21/h13,15,17-18,26H,1-12,14H2. The monoisotopic (exact) mass is 438 g/mol. The molecule has 5 nitrogen and oxygen atoms in total. The van der Waals surface area contributed by atoms with E-state index < -0.39 is 0 Å². The summed E-state index contributed by atoms with van der Waals surface area (Å²) in [7, 11) is 0. The maximum Gasteiger partial charge on any atom is 0.237 e. The van der Waals surface area contributed by atoms with Crippen LogP contribution in [0.5, 0.6) is 0 Å². The van der Waals surface area contributed by atoms with Gasteiger partial charge in [0, 0.05) is 29.9 Å². The molecule has 160 valence electrons. The number of halogens is 1. The van der Waals surface area contributed by atoms with Gasteiger partial charge in [0.1, 0.15) is 5.88 Å². The number of fused-ring (bicyclic) bond motifs is 1. The SMILES string of the molecule is O=C(CCl)N1CCC(C(=O)N(c2cc3c(s2)CCCC3)C2CCC(O)CC2)CC1. The number of aliphatic hydroxyl groups is 1. The number of carbonyl (C=O) groups excluding carboxylic acids is 2. The fraction of sp³-hybridized carbons (Fsp3) is 0.727. The highest BCUT2D eigenvalue weighted by Crippen LogP contribution is 2.39. The van der Waals surface area contributed by atoms with Crippen molar-refractivity contribution in [1.82, 2.24) is 4.90 Å². The van der Waals surface area contributed by atoms with Crippen LogP contribution in [0.1, 0.15) is 61.8 Å². The molecule has 2 fully saturated rings. The van der Waals surface area contributed by atoms with Gasteiger partial charge >= 0.3 is 0 Å². The van der Waals surface area contributed by atoms with Gasteiger partial charge in [-0.2, -0.15) is 0 Å². The summed E-state index contributed by atoms with van der Waals surface area (Å²) < 4.78 is 0. The normalized spacial score (nSPS) is 25.5. The maximum absolute atomic E-state index is 13.7. The van der Waals surface area contributed by atoms with E-state index in [9.17, 15) is 14.7 Å². The largest absolute Gasteiger partial charge is 0.393 e. The smallest absolute Gasteiger partial charge is 0.237 e. The number of rotatable bonds is 4. The number of thiophene rings is 1. The number of amides is 2. The number of alkyl halides is 1. The molecule has 0 aromatic carbocycles. The van der Waals surface area contributed by atoms with Crippen LogP contribution in [0.2, 0.25) is 0 Å². The van der Waals surface area contributed by atoms with Crippen molar-refractivity contribution in [2.75, 3.05) is 23.9 Å². The number of nitrogens with zero attached hydrogens (tertiary/aromatic N) is 2. The zero-order valence-electron chi connectivity index (χ0n) is 16.9. The molecule has 2 aliphatic carbocycles. The Labute approximate surface area is 182 Å². The molecule has 2 amide bonds. The average molecular weight is 439 g/mol. The van der Waals surface area contributed by atoms with Crippen molar-refractivity contribution in [2.45, 2.75) is 76.4 Å². The van der Waals surface area contributed by atoms with E-state index in [0.717, 1.165) is 43.5 Å². The van der Waals surface area contributed by atoms with Crippen LogP contribution in [0.3, 0.4) is 0 Å². The molecular weight excluding hydrogens is 408 g/mol. The van der Waals surface area contributed by atoms with Gasteiger partial charge in [-0.1, -0.05) is 0 Å². The fourth-order valence-electron chi connectivity index (χ4n) is 5.04. The summed E-state index contributed by atoms with van der Waals surface area (Å²) >= 11 is 7.49. The molecular formula is C22H31ClN2O3S. The third kappa shape index (κ3) is 4.64. The predicted molar refractivity (Wildman–Crippen MR) is 117 cm³/mol. The summed E-state index contributed by atoms with van der Waals surface area (Å²) in [5.41, 5.74) is 1.42. The molecule has 3 aliphatic rings. The van der Waals surface area contributed by atoms with E-state index >= 15 is 0 Å². The molecule has 0 radical (unpaired) electrons. The van der Waals surface area contributed by atoms with Crippen molar-refractivity contribution in [2.24, 2.45) is 5.92 Å². The lowest BCUT2D eigenvalue weighted by Gasteiger charge is -2.39. The Morgan fingerprint density at radius 3 is 2.45 bits per heavy atom. The molecule has 7 heteroatoms. The Morgan fingerprint density at radius 1 is 1.10 bits per heavy atom. The van der Waals surface area contributed by atoms with E-state index in [0.29, 0.717) is 25.9 Å². The van der Waals surface area contributed by atoms with Gasteiger partial charge in [0.15, 0.2) is 0 Å². The van der Waals surface area contributed by atoms with Gasteiger partial charge in [0.05, 0.1) is 11.1 Å². The number of hydrogen-bond donors (Lipinski definition) is 1. The van der Waals surface area contributed by atoms with Gasteiger partial charge in [0.2, 0.25) is 11.8 Å². The van der Waals surface area contributed by atoms with Crippen molar-refractivity contribution >= 4 is 39.8 Å². The van der Waals surface area contributed by atoms with Crippen LogP contribution in [-0.2, 0) is 22.4 Å². The van der Waals surface area contributed by atoms with E-state index in [-0.39, 0.29) is 35.8 Å². The predicted octanol–water partition coefficient (Wildman–Crippen LogP) is 3.74. The highest BCUT2D eigenvalue weighted by Gasteiger charge is 2.36.